The van der Waals surface area contributed by atoms with E-state index in [0.717, 1.165) is 6.42 Å². The molecule has 0 amide bonds. The van der Waals surface area contributed by atoms with Gasteiger partial charge in [-0.2, -0.15) is 0 Å². The Kier molecular flexibility index (Phi) is 4.04. The smallest absolute Gasteiger partial charge is 0.0258 e. The lowest BCUT2D eigenvalue weighted by Gasteiger charge is -2.01. The fraction of sp³-hybridized carbons (Fsp3) is 0.333. The Morgan fingerprint density at radius 1 is 1.31 bits per heavy atom. The fourth-order valence-electron chi connectivity index (χ4n) is 1.21. The van der Waals surface area contributed by atoms with Crippen LogP contribution in [0.25, 0.3) is 5.57 Å². The van der Waals surface area contributed by atoms with Crippen molar-refractivity contribution < 1.29 is 0 Å². The van der Waals surface area contributed by atoms with Gasteiger partial charge in [-0.25, -0.2) is 0 Å². The number of hydrogen-bond donors (Lipinski definition) is 0. The summed E-state index contributed by atoms with van der Waals surface area (Å²) in [6.45, 7) is 4.22. The molecule has 0 atom stereocenters. The monoisotopic (exact) mass is 194 g/mol. The van der Waals surface area contributed by atoms with E-state index in [1.807, 2.05) is 0 Å². The summed E-state index contributed by atoms with van der Waals surface area (Å²) >= 11 is 5.61. The molecule has 70 valence electrons. The van der Waals surface area contributed by atoms with Gasteiger partial charge in [-0.05, 0) is 31.4 Å². The minimum Gasteiger partial charge on any atom is -0.126 e. The highest BCUT2D eigenvalue weighted by atomic mass is 35.5. The first-order valence-electron chi connectivity index (χ1n) is 4.54. The summed E-state index contributed by atoms with van der Waals surface area (Å²) in [4.78, 5) is 0. The molecule has 0 nitrogen and oxygen atoms in total. The van der Waals surface area contributed by atoms with Crippen LogP contribution < -0.4 is 0 Å². The molecular weight excluding hydrogens is 180 g/mol. The number of halogens is 1. The molecule has 0 heterocycles. The second kappa shape index (κ2) is 5.08. The molecule has 0 aromatic heterocycles. The van der Waals surface area contributed by atoms with Crippen molar-refractivity contribution >= 4 is 17.2 Å². The predicted molar refractivity (Wildman–Crippen MR) is 60.2 cm³/mol. The van der Waals surface area contributed by atoms with E-state index >= 15 is 0 Å². The molecule has 0 aliphatic rings. The van der Waals surface area contributed by atoms with Crippen LogP contribution in [0.15, 0.2) is 30.3 Å². The van der Waals surface area contributed by atoms with E-state index in [0.29, 0.717) is 5.88 Å². The largest absolute Gasteiger partial charge is 0.126 e. The summed E-state index contributed by atoms with van der Waals surface area (Å²) in [5.74, 6) is 0.698. The van der Waals surface area contributed by atoms with Crippen molar-refractivity contribution in [2.24, 2.45) is 0 Å². The topological polar surface area (TPSA) is 0 Å². The van der Waals surface area contributed by atoms with E-state index in [4.69, 9.17) is 11.6 Å². The molecule has 0 spiro atoms. The van der Waals surface area contributed by atoms with E-state index in [2.05, 4.69) is 44.2 Å². The molecule has 1 heteroatoms. The van der Waals surface area contributed by atoms with Crippen molar-refractivity contribution in [1.82, 2.24) is 0 Å². The van der Waals surface area contributed by atoms with Gasteiger partial charge < -0.3 is 0 Å². The average molecular weight is 195 g/mol. The molecule has 0 aliphatic carbocycles. The first kappa shape index (κ1) is 10.3. The number of allylic oxidation sites excluding steroid dienone is 2. The SMILES string of the molecule is C/C(=C\CCCl)c1ccc(C)cc1. The van der Waals surface area contributed by atoms with E-state index in [-0.39, 0.29) is 0 Å². The lowest BCUT2D eigenvalue weighted by atomic mass is 10.1. The molecule has 0 unspecified atom stereocenters. The van der Waals surface area contributed by atoms with Crippen LogP contribution in [0, 0.1) is 6.92 Å². The minimum atomic E-state index is 0.698. The van der Waals surface area contributed by atoms with Crippen LogP contribution in [0.3, 0.4) is 0 Å². The zero-order valence-electron chi connectivity index (χ0n) is 8.18. The molecular formula is C12H15Cl. The highest BCUT2D eigenvalue weighted by Gasteiger charge is 1.93. The van der Waals surface area contributed by atoms with Crippen molar-refractivity contribution in [1.29, 1.82) is 0 Å². The minimum absolute atomic E-state index is 0.698. The van der Waals surface area contributed by atoms with E-state index in [1.54, 1.807) is 0 Å². The van der Waals surface area contributed by atoms with Crippen molar-refractivity contribution in [2.75, 3.05) is 5.88 Å². The maximum Gasteiger partial charge on any atom is 0.0258 e. The number of hydrogen-bond acceptors (Lipinski definition) is 0. The third-order valence-electron chi connectivity index (χ3n) is 2.07. The first-order chi connectivity index (χ1) is 6.24. The van der Waals surface area contributed by atoms with Gasteiger partial charge in [-0.1, -0.05) is 35.9 Å². The van der Waals surface area contributed by atoms with Crippen LogP contribution in [0.2, 0.25) is 0 Å². The van der Waals surface area contributed by atoms with Crippen molar-refractivity contribution in [3.8, 4) is 0 Å². The van der Waals surface area contributed by atoms with Crippen molar-refractivity contribution in [3.05, 3.63) is 41.5 Å². The second-order valence-corrected chi connectivity index (χ2v) is 3.61. The van der Waals surface area contributed by atoms with Gasteiger partial charge in [-0.3, -0.25) is 0 Å². The van der Waals surface area contributed by atoms with Gasteiger partial charge in [0.05, 0.1) is 0 Å². The van der Waals surface area contributed by atoms with Gasteiger partial charge in [0.25, 0.3) is 0 Å². The molecule has 0 saturated carbocycles. The Labute approximate surface area is 85.2 Å². The van der Waals surface area contributed by atoms with E-state index in [9.17, 15) is 0 Å². The maximum absolute atomic E-state index is 5.61. The molecule has 0 bridgehead atoms. The molecule has 1 rings (SSSR count). The summed E-state index contributed by atoms with van der Waals surface area (Å²) in [6.07, 6.45) is 3.12. The number of benzene rings is 1. The number of rotatable bonds is 3. The summed E-state index contributed by atoms with van der Waals surface area (Å²) in [5.41, 5.74) is 3.89. The van der Waals surface area contributed by atoms with Crippen LogP contribution in [-0.4, -0.2) is 5.88 Å². The summed E-state index contributed by atoms with van der Waals surface area (Å²) in [5, 5.41) is 0. The number of aryl methyl sites for hydroxylation is 1. The standard InChI is InChI=1S/C12H15Cl/c1-10-5-7-12(8-6-10)11(2)4-3-9-13/h4-8H,3,9H2,1-2H3/b11-4+. The molecule has 0 saturated heterocycles. The van der Waals surface area contributed by atoms with Gasteiger partial charge >= 0.3 is 0 Å². The quantitative estimate of drug-likeness (QED) is 0.638. The van der Waals surface area contributed by atoms with Crippen LogP contribution in [-0.2, 0) is 0 Å². The summed E-state index contributed by atoms with van der Waals surface area (Å²) < 4.78 is 0. The first-order valence-corrected chi connectivity index (χ1v) is 5.07. The van der Waals surface area contributed by atoms with Crippen LogP contribution in [0.1, 0.15) is 24.5 Å². The molecule has 0 fully saturated rings. The lowest BCUT2D eigenvalue weighted by Crippen LogP contribution is -1.80. The summed E-state index contributed by atoms with van der Waals surface area (Å²) in [6, 6.07) is 8.56. The van der Waals surface area contributed by atoms with E-state index < -0.39 is 0 Å². The lowest BCUT2D eigenvalue weighted by molar-refractivity contribution is 1.23. The zero-order chi connectivity index (χ0) is 9.68. The van der Waals surface area contributed by atoms with Crippen LogP contribution in [0.5, 0.6) is 0 Å². The number of alkyl halides is 1. The Hall–Kier alpha value is -0.750. The Morgan fingerprint density at radius 3 is 2.46 bits per heavy atom. The van der Waals surface area contributed by atoms with Crippen LogP contribution in [0.4, 0.5) is 0 Å². The second-order valence-electron chi connectivity index (χ2n) is 3.23. The van der Waals surface area contributed by atoms with Crippen LogP contribution >= 0.6 is 11.6 Å². The van der Waals surface area contributed by atoms with Gasteiger partial charge in [-0.15, -0.1) is 11.6 Å². The van der Waals surface area contributed by atoms with Gasteiger partial charge in [0.15, 0.2) is 0 Å². The molecule has 1 aromatic carbocycles. The molecule has 1 aromatic rings. The van der Waals surface area contributed by atoms with E-state index in [1.165, 1.54) is 16.7 Å². The molecule has 0 radical (unpaired) electrons. The molecule has 13 heavy (non-hydrogen) atoms. The summed E-state index contributed by atoms with van der Waals surface area (Å²) in [7, 11) is 0. The van der Waals surface area contributed by atoms with Gasteiger partial charge in [0.1, 0.15) is 0 Å². The Balaban J connectivity index is 2.77. The average Bonchev–Trinajstić information content (AvgIpc) is 2.15. The predicted octanol–water partition coefficient (Wildman–Crippen LogP) is 4.03. The fourth-order valence-corrected chi connectivity index (χ4v) is 1.31. The third kappa shape index (κ3) is 3.23. The Morgan fingerprint density at radius 2 is 1.92 bits per heavy atom. The Bertz CT molecular complexity index is 282. The normalized spacial score (nSPS) is 11.8. The van der Waals surface area contributed by atoms with Gasteiger partial charge in [0, 0.05) is 5.88 Å². The zero-order valence-corrected chi connectivity index (χ0v) is 8.93. The van der Waals surface area contributed by atoms with Crippen molar-refractivity contribution in [2.45, 2.75) is 20.3 Å². The maximum atomic E-state index is 5.61. The van der Waals surface area contributed by atoms with Gasteiger partial charge in [0.2, 0.25) is 0 Å². The third-order valence-corrected chi connectivity index (χ3v) is 2.28. The highest BCUT2D eigenvalue weighted by Crippen LogP contribution is 2.14. The highest BCUT2D eigenvalue weighted by molar-refractivity contribution is 6.17. The molecule has 0 aliphatic heterocycles. The molecule has 0 N–H and O–H groups in total. The van der Waals surface area contributed by atoms with Crippen molar-refractivity contribution in [3.63, 3.8) is 0 Å².